The maximum absolute atomic E-state index is 6.89. The number of aromatic nitrogens is 2. The van der Waals surface area contributed by atoms with E-state index >= 15 is 0 Å². The first-order chi connectivity index (χ1) is 24.1. The van der Waals surface area contributed by atoms with E-state index in [1.54, 1.807) is 11.3 Å². The van der Waals surface area contributed by atoms with Gasteiger partial charge in [0.05, 0.1) is 0 Å². The summed E-state index contributed by atoms with van der Waals surface area (Å²) >= 11 is 1.75. The van der Waals surface area contributed by atoms with Crippen LogP contribution in [0.3, 0.4) is 0 Å². The zero-order valence-corrected chi connectivity index (χ0v) is 32.5. The van der Waals surface area contributed by atoms with Crippen LogP contribution in [-0.2, 0) is 26.5 Å². The molecule has 0 aliphatic carbocycles. The molecule has 5 nitrogen and oxygen atoms in total. The standard InChI is InChI=1S/C44H37N4OS.Pt/c1-43(2,3)28-22-23-45-39(24-28)48-33-18-9-7-16-31(33)40-36(48)26-37(42-41(40)32-17-8-12-21-38(32)50-42)49-30-15-13-14-29(25-30)46-27-47(44(4,5)6)35-20-11-10-19-34(35)46;/h7-24,27H,1-6H3;/q-3;. The van der Waals surface area contributed by atoms with E-state index in [4.69, 9.17) is 9.72 Å². The number of benzene rings is 5. The first kappa shape index (κ1) is 33.5. The molecule has 9 rings (SSSR count). The van der Waals surface area contributed by atoms with Crippen LogP contribution < -0.4 is 14.5 Å². The summed E-state index contributed by atoms with van der Waals surface area (Å²) in [6, 6.07) is 43.6. The van der Waals surface area contributed by atoms with Gasteiger partial charge in [0.25, 0.3) is 0 Å². The molecule has 0 spiro atoms. The molecule has 258 valence electrons. The molecule has 0 bridgehead atoms. The van der Waals surface area contributed by atoms with Gasteiger partial charge in [-0.05, 0) is 83.6 Å². The van der Waals surface area contributed by atoms with Crippen LogP contribution in [-0.4, -0.2) is 15.1 Å². The van der Waals surface area contributed by atoms with Crippen molar-refractivity contribution in [3.63, 3.8) is 0 Å². The van der Waals surface area contributed by atoms with Crippen LogP contribution in [0.25, 0.3) is 47.8 Å². The third-order valence-electron chi connectivity index (χ3n) is 9.58. The van der Waals surface area contributed by atoms with Crippen molar-refractivity contribution < 1.29 is 25.8 Å². The first-order valence-corrected chi connectivity index (χ1v) is 17.9. The minimum absolute atomic E-state index is 0. The van der Waals surface area contributed by atoms with Crippen molar-refractivity contribution in [2.24, 2.45) is 0 Å². The Kier molecular flexibility index (Phi) is 8.05. The summed E-state index contributed by atoms with van der Waals surface area (Å²) in [5.41, 5.74) is 6.34. The second-order valence-corrected chi connectivity index (χ2v) is 16.1. The zero-order valence-electron chi connectivity index (χ0n) is 29.4. The summed E-state index contributed by atoms with van der Waals surface area (Å²) in [5, 5.41) is 4.71. The summed E-state index contributed by atoms with van der Waals surface area (Å²) < 4.78 is 11.4. The summed E-state index contributed by atoms with van der Waals surface area (Å²) in [7, 11) is 0. The Morgan fingerprint density at radius 3 is 2.25 bits per heavy atom. The van der Waals surface area contributed by atoms with Gasteiger partial charge in [0, 0.05) is 65.9 Å². The summed E-state index contributed by atoms with van der Waals surface area (Å²) in [6.45, 7) is 15.6. The van der Waals surface area contributed by atoms with Gasteiger partial charge in [0.2, 0.25) is 0 Å². The molecule has 8 aromatic rings. The van der Waals surface area contributed by atoms with E-state index in [0.717, 1.165) is 38.3 Å². The fourth-order valence-corrected chi connectivity index (χ4v) is 8.28. The Balaban J connectivity index is 0.00000374. The van der Waals surface area contributed by atoms with Gasteiger partial charge in [0.15, 0.2) is 0 Å². The van der Waals surface area contributed by atoms with Gasteiger partial charge >= 0.3 is 0 Å². The molecular formula is C44H37N4OPtS-3. The number of ether oxygens (including phenoxy) is 1. The molecule has 0 N–H and O–H groups in total. The molecule has 0 radical (unpaired) electrons. The quantitative estimate of drug-likeness (QED) is 0.165. The van der Waals surface area contributed by atoms with Crippen LogP contribution in [0.1, 0.15) is 47.1 Å². The number of hydrogen-bond donors (Lipinski definition) is 0. The minimum atomic E-state index is -0.0875. The number of para-hydroxylation sites is 3. The molecule has 3 aromatic heterocycles. The van der Waals surface area contributed by atoms with Gasteiger partial charge in [-0.25, -0.2) is 16.3 Å². The maximum atomic E-state index is 6.89. The predicted molar refractivity (Wildman–Crippen MR) is 209 cm³/mol. The molecular weight excluding hydrogens is 828 g/mol. The van der Waals surface area contributed by atoms with E-state index in [9.17, 15) is 0 Å². The van der Waals surface area contributed by atoms with E-state index in [2.05, 4.69) is 166 Å². The topological polar surface area (TPSA) is 33.5 Å². The van der Waals surface area contributed by atoms with Crippen molar-refractivity contribution in [1.29, 1.82) is 0 Å². The summed E-state index contributed by atoms with van der Waals surface area (Å²) in [4.78, 5) is 9.43. The van der Waals surface area contributed by atoms with Crippen LogP contribution in [0.5, 0.6) is 11.5 Å². The number of rotatable bonds is 4. The molecule has 5 aromatic carbocycles. The van der Waals surface area contributed by atoms with Gasteiger partial charge < -0.3 is 19.1 Å². The minimum Gasteiger partial charge on any atom is -0.508 e. The summed E-state index contributed by atoms with van der Waals surface area (Å²) in [6.07, 6.45) is 1.92. The van der Waals surface area contributed by atoms with Crippen LogP contribution >= 0.6 is 11.3 Å². The average Bonchev–Trinajstić information content (AvgIpc) is 3.78. The molecule has 1 aliphatic rings. The van der Waals surface area contributed by atoms with Gasteiger partial charge in [-0.15, -0.1) is 30.0 Å². The Morgan fingerprint density at radius 1 is 0.745 bits per heavy atom. The molecule has 51 heavy (non-hydrogen) atoms. The fraction of sp³-hybridized carbons (Fsp3) is 0.182. The van der Waals surface area contributed by atoms with Crippen molar-refractivity contribution in [2.75, 3.05) is 9.80 Å². The van der Waals surface area contributed by atoms with Crippen molar-refractivity contribution in [2.45, 2.75) is 52.5 Å². The zero-order chi connectivity index (χ0) is 34.4. The number of pyridine rings is 1. The van der Waals surface area contributed by atoms with E-state index < -0.39 is 0 Å². The van der Waals surface area contributed by atoms with Gasteiger partial charge in [-0.1, -0.05) is 85.6 Å². The number of anilines is 3. The monoisotopic (exact) mass is 864 g/mol. The van der Waals surface area contributed by atoms with E-state index in [0.29, 0.717) is 11.5 Å². The smallest absolute Gasteiger partial charge is 0.135 e. The van der Waals surface area contributed by atoms with Crippen molar-refractivity contribution in [3.8, 4) is 17.3 Å². The Hall–Kier alpha value is -4.64. The number of fused-ring (bicyclic) bond motifs is 8. The molecule has 0 amide bonds. The predicted octanol–water partition coefficient (Wildman–Crippen LogP) is 12.1. The van der Waals surface area contributed by atoms with E-state index in [-0.39, 0.29) is 32.0 Å². The number of nitrogens with zero attached hydrogens (tertiary/aromatic N) is 4. The normalized spacial score (nSPS) is 13.4. The second kappa shape index (κ2) is 12.2. The molecule has 1 aliphatic heterocycles. The SMILES string of the molecule is CC(C)(C)c1ccnc(-n2c3[c-]c(Oc4[c-]c(N5[CH-]N(C(C)(C)C)c6ccccc65)ccc4)c4sc5ccccc5c4c3c3ccccc32)c1.[Pt]. The summed E-state index contributed by atoms with van der Waals surface area (Å²) in [5.74, 6) is 2.18. The Bertz CT molecular complexity index is 2610. The van der Waals surface area contributed by atoms with Crippen molar-refractivity contribution in [3.05, 3.63) is 134 Å². The molecule has 0 unspecified atom stereocenters. The molecule has 0 saturated carbocycles. The van der Waals surface area contributed by atoms with Gasteiger partial charge in [-0.2, -0.15) is 12.7 Å². The second-order valence-electron chi connectivity index (χ2n) is 15.0. The largest absolute Gasteiger partial charge is 0.508 e. The molecule has 7 heteroatoms. The van der Waals surface area contributed by atoms with Crippen molar-refractivity contribution in [1.82, 2.24) is 9.55 Å². The number of thiophene rings is 1. The molecule has 0 saturated heterocycles. The van der Waals surface area contributed by atoms with E-state index in [1.165, 1.54) is 32.1 Å². The van der Waals surface area contributed by atoms with Crippen LogP contribution in [0.2, 0.25) is 0 Å². The van der Waals surface area contributed by atoms with Crippen LogP contribution in [0.4, 0.5) is 17.1 Å². The van der Waals surface area contributed by atoms with Crippen LogP contribution in [0.15, 0.2) is 109 Å². The average molecular weight is 865 g/mol. The van der Waals surface area contributed by atoms with Gasteiger partial charge in [-0.3, -0.25) is 0 Å². The first-order valence-electron chi connectivity index (χ1n) is 17.1. The van der Waals surface area contributed by atoms with Gasteiger partial charge in [0.1, 0.15) is 5.82 Å². The molecule has 4 heterocycles. The van der Waals surface area contributed by atoms with E-state index in [1.807, 2.05) is 18.3 Å². The molecule has 0 fully saturated rings. The number of hydrogen-bond acceptors (Lipinski definition) is 5. The fourth-order valence-electron chi connectivity index (χ4n) is 7.13. The third-order valence-corrected chi connectivity index (χ3v) is 10.7. The maximum Gasteiger partial charge on any atom is 0.135 e. The van der Waals surface area contributed by atoms with Crippen LogP contribution in [0, 0.1) is 18.8 Å². The third kappa shape index (κ3) is 5.51. The molecule has 0 atom stereocenters. The Labute approximate surface area is 317 Å². The van der Waals surface area contributed by atoms with Crippen molar-refractivity contribution >= 4 is 70.4 Å². The Morgan fingerprint density at radius 2 is 1.47 bits per heavy atom.